The molecule has 2 aliphatic heterocycles. The van der Waals surface area contributed by atoms with Gasteiger partial charge in [0.25, 0.3) is 0 Å². The smallest absolute Gasteiger partial charge is 0.311 e. The summed E-state index contributed by atoms with van der Waals surface area (Å²) in [6.07, 6.45) is 8.81. The number of ether oxygens (including phenoxy) is 3. The SMILES string of the molecule is CC(C)(C)C(=O)OC[C@@]12CCCC[C@@]13C=CO[C@@H](C2)O3. The van der Waals surface area contributed by atoms with Crippen LogP contribution >= 0.6 is 0 Å². The maximum Gasteiger partial charge on any atom is 0.311 e. The monoisotopic (exact) mass is 280 g/mol. The number of esters is 1. The Morgan fingerprint density at radius 2 is 2.10 bits per heavy atom. The Labute approximate surface area is 120 Å². The average Bonchev–Trinajstić information content (AvgIpc) is 2.61. The second kappa shape index (κ2) is 4.48. The number of hydrogen-bond donors (Lipinski definition) is 0. The Morgan fingerprint density at radius 3 is 2.85 bits per heavy atom. The number of rotatable bonds is 2. The van der Waals surface area contributed by atoms with Gasteiger partial charge in [0.2, 0.25) is 6.29 Å². The first kappa shape index (κ1) is 13.9. The van der Waals surface area contributed by atoms with E-state index in [9.17, 15) is 4.79 Å². The molecule has 1 saturated heterocycles. The molecule has 1 aliphatic carbocycles. The molecule has 0 amide bonds. The van der Waals surface area contributed by atoms with Gasteiger partial charge in [0.15, 0.2) is 0 Å². The quantitative estimate of drug-likeness (QED) is 0.729. The summed E-state index contributed by atoms with van der Waals surface area (Å²) in [5.74, 6) is -0.140. The molecule has 20 heavy (non-hydrogen) atoms. The van der Waals surface area contributed by atoms with E-state index in [-0.39, 0.29) is 23.3 Å². The van der Waals surface area contributed by atoms with Gasteiger partial charge in [-0.2, -0.15) is 0 Å². The summed E-state index contributed by atoms with van der Waals surface area (Å²) >= 11 is 0. The van der Waals surface area contributed by atoms with E-state index in [1.165, 1.54) is 6.42 Å². The fourth-order valence-electron chi connectivity index (χ4n) is 3.67. The van der Waals surface area contributed by atoms with Crippen molar-refractivity contribution in [3.63, 3.8) is 0 Å². The van der Waals surface area contributed by atoms with Crippen molar-refractivity contribution in [1.29, 1.82) is 0 Å². The van der Waals surface area contributed by atoms with Gasteiger partial charge in [-0.25, -0.2) is 0 Å². The van der Waals surface area contributed by atoms with Gasteiger partial charge in [0, 0.05) is 11.8 Å². The van der Waals surface area contributed by atoms with Crippen LogP contribution in [0.2, 0.25) is 0 Å². The van der Waals surface area contributed by atoms with Crippen LogP contribution in [0, 0.1) is 10.8 Å². The third-order valence-corrected chi connectivity index (χ3v) is 4.91. The summed E-state index contributed by atoms with van der Waals surface area (Å²) in [6, 6.07) is 0. The molecular weight excluding hydrogens is 256 g/mol. The molecule has 3 aliphatic rings. The van der Waals surface area contributed by atoms with Crippen molar-refractivity contribution >= 4 is 5.97 Å². The number of carbonyl (C=O) groups excluding carboxylic acids is 1. The first-order chi connectivity index (χ1) is 9.37. The summed E-state index contributed by atoms with van der Waals surface area (Å²) in [4.78, 5) is 12.1. The standard InChI is InChI=1S/C16H24O4/c1-14(2,3)13(17)19-11-15-6-4-5-7-16(15)8-9-18-12(10-15)20-16/h8-9,12H,4-7,10-11H2,1-3H3/t12-,15+,16-/m1/s1. The molecule has 1 saturated carbocycles. The molecule has 4 heteroatoms. The topological polar surface area (TPSA) is 44.8 Å². The number of carbonyl (C=O) groups is 1. The maximum atomic E-state index is 12.1. The molecule has 0 radical (unpaired) electrons. The van der Waals surface area contributed by atoms with Crippen molar-refractivity contribution < 1.29 is 19.0 Å². The molecule has 1 spiro atoms. The Balaban J connectivity index is 1.79. The van der Waals surface area contributed by atoms with Crippen LogP contribution in [0.3, 0.4) is 0 Å². The third-order valence-electron chi connectivity index (χ3n) is 4.91. The summed E-state index contributed by atoms with van der Waals surface area (Å²) in [5, 5.41) is 0. The molecule has 2 bridgehead atoms. The van der Waals surface area contributed by atoms with E-state index < -0.39 is 5.41 Å². The van der Waals surface area contributed by atoms with E-state index in [1.54, 1.807) is 6.26 Å². The molecule has 0 aromatic carbocycles. The Bertz CT molecular complexity index is 436. The summed E-state index contributed by atoms with van der Waals surface area (Å²) in [7, 11) is 0. The predicted molar refractivity (Wildman–Crippen MR) is 73.8 cm³/mol. The number of fused-ring (bicyclic) bond motifs is 1. The van der Waals surface area contributed by atoms with Gasteiger partial charge in [-0.05, 0) is 39.7 Å². The van der Waals surface area contributed by atoms with Gasteiger partial charge < -0.3 is 14.2 Å². The molecule has 2 fully saturated rings. The van der Waals surface area contributed by atoms with E-state index in [4.69, 9.17) is 14.2 Å². The van der Waals surface area contributed by atoms with Gasteiger partial charge in [0.1, 0.15) is 12.2 Å². The molecule has 0 aromatic heterocycles. The number of hydrogen-bond acceptors (Lipinski definition) is 4. The molecule has 3 atom stereocenters. The van der Waals surface area contributed by atoms with Crippen molar-refractivity contribution in [3.05, 3.63) is 12.3 Å². The van der Waals surface area contributed by atoms with Crippen molar-refractivity contribution in [1.82, 2.24) is 0 Å². The minimum atomic E-state index is -0.459. The molecule has 0 aromatic rings. The lowest BCUT2D eigenvalue weighted by Gasteiger charge is -2.45. The lowest BCUT2D eigenvalue weighted by molar-refractivity contribution is -0.176. The second-order valence-electron chi connectivity index (χ2n) is 7.39. The van der Waals surface area contributed by atoms with Crippen LogP contribution in [0.1, 0.15) is 52.9 Å². The Kier molecular flexibility index (Phi) is 3.12. The van der Waals surface area contributed by atoms with Gasteiger partial charge >= 0.3 is 5.97 Å². The normalized spacial score (nSPS) is 39.0. The Morgan fingerprint density at radius 1 is 1.35 bits per heavy atom. The molecule has 4 nitrogen and oxygen atoms in total. The van der Waals surface area contributed by atoms with E-state index >= 15 is 0 Å². The predicted octanol–water partition coefficient (Wildman–Crippen LogP) is 3.17. The zero-order valence-electron chi connectivity index (χ0n) is 12.6. The zero-order chi connectivity index (χ0) is 14.4. The highest BCUT2D eigenvalue weighted by Crippen LogP contribution is 2.58. The first-order valence-electron chi connectivity index (χ1n) is 7.55. The maximum absolute atomic E-state index is 12.1. The van der Waals surface area contributed by atoms with Crippen molar-refractivity contribution in [2.45, 2.75) is 64.8 Å². The molecule has 2 heterocycles. The second-order valence-corrected chi connectivity index (χ2v) is 7.39. The van der Waals surface area contributed by atoms with Gasteiger partial charge in [0.05, 0.1) is 11.7 Å². The van der Waals surface area contributed by atoms with E-state index in [0.717, 1.165) is 25.7 Å². The Hall–Kier alpha value is -1.03. The van der Waals surface area contributed by atoms with Crippen molar-refractivity contribution in [3.8, 4) is 0 Å². The van der Waals surface area contributed by atoms with Gasteiger partial charge in [-0.15, -0.1) is 0 Å². The first-order valence-corrected chi connectivity index (χ1v) is 7.55. The highest BCUT2D eigenvalue weighted by molar-refractivity contribution is 5.75. The zero-order valence-corrected chi connectivity index (χ0v) is 12.6. The highest BCUT2D eigenvalue weighted by Gasteiger charge is 2.62. The van der Waals surface area contributed by atoms with Crippen LogP contribution in [-0.4, -0.2) is 24.5 Å². The fourth-order valence-corrected chi connectivity index (χ4v) is 3.67. The minimum absolute atomic E-state index is 0.107. The lowest BCUT2D eigenvalue weighted by atomic mass is 9.63. The van der Waals surface area contributed by atoms with Crippen LogP contribution in [0.25, 0.3) is 0 Å². The van der Waals surface area contributed by atoms with Gasteiger partial charge in [-0.3, -0.25) is 4.79 Å². The molecule has 0 unspecified atom stereocenters. The minimum Gasteiger partial charge on any atom is -0.473 e. The highest BCUT2D eigenvalue weighted by atomic mass is 16.7. The van der Waals surface area contributed by atoms with E-state index in [0.29, 0.717) is 6.61 Å². The van der Waals surface area contributed by atoms with Gasteiger partial charge in [-0.1, -0.05) is 12.8 Å². The summed E-state index contributed by atoms with van der Waals surface area (Å²) in [5.41, 5.74) is -0.852. The molecular formula is C16H24O4. The van der Waals surface area contributed by atoms with E-state index in [2.05, 4.69) is 0 Å². The lowest BCUT2D eigenvalue weighted by Crippen LogP contribution is -2.50. The fraction of sp³-hybridized carbons (Fsp3) is 0.812. The van der Waals surface area contributed by atoms with Crippen molar-refractivity contribution in [2.24, 2.45) is 10.8 Å². The average molecular weight is 280 g/mol. The van der Waals surface area contributed by atoms with Crippen molar-refractivity contribution in [2.75, 3.05) is 6.61 Å². The van der Waals surface area contributed by atoms with Crippen LogP contribution in [0.15, 0.2) is 12.3 Å². The summed E-state index contributed by atoms with van der Waals surface area (Å²) in [6.45, 7) is 6.09. The van der Waals surface area contributed by atoms with Crippen LogP contribution < -0.4 is 0 Å². The van der Waals surface area contributed by atoms with Crippen LogP contribution in [-0.2, 0) is 19.0 Å². The molecule has 0 N–H and O–H groups in total. The van der Waals surface area contributed by atoms with Crippen LogP contribution in [0.4, 0.5) is 0 Å². The van der Waals surface area contributed by atoms with Crippen LogP contribution in [0.5, 0.6) is 0 Å². The summed E-state index contributed by atoms with van der Waals surface area (Å²) < 4.78 is 17.3. The van der Waals surface area contributed by atoms with E-state index in [1.807, 2.05) is 26.8 Å². The molecule has 3 rings (SSSR count). The molecule has 112 valence electrons. The third kappa shape index (κ3) is 2.05. The largest absolute Gasteiger partial charge is 0.473 e.